The maximum Gasteiger partial charge on any atom is 0.183 e. The average Bonchev–Trinajstić information content (AvgIpc) is 2.77. The molecule has 2 atom stereocenters. The summed E-state index contributed by atoms with van der Waals surface area (Å²) in [6, 6.07) is 0.530. The smallest absolute Gasteiger partial charge is 0.183 e. The molecule has 1 aromatic heterocycles. The van der Waals surface area contributed by atoms with Gasteiger partial charge in [0.1, 0.15) is 0 Å². The minimum Gasteiger partial charge on any atom is -0.358 e. The highest BCUT2D eigenvalue weighted by molar-refractivity contribution is 7.13. The van der Waals surface area contributed by atoms with Crippen molar-refractivity contribution in [3.05, 3.63) is 11.1 Å². The van der Waals surface area contributed by atoms with E-state index in [1.807, 2.05) is 0 Å². The van der Waals surface area contributed by atoms with Gasteiger partial charge in [0.25, 0.3) is 0 Å². The van der Waals surface area contributed by atoms with Crippen LogP contribution in [0.25, 0.3) is 0 Å². The van der Waals surface area contributed by atoms with Gasteiger partial charge in [0.2, 0.25) is 0 Å². The van der Waals surface area contributed by atoms with Crippen LogP contribution < -0.4 is 5.32 Å². The minimum atomic E-state index is 0.530. The zero-order valence-electron chi connectivity index (χ0n) is 9.71. The topological polar surface area (TPSA) is 24.9 Å². The van der Waals surface area contributed by atoms with Crippen LogP contribution in [0.4, 0.5) is 5.13 Å². The van der Waals surface area contributed by atoms with Gasteiger partial charge in [0.05, 0.1) is 5.69 Å². The molecule has 0 aromatic carbocycles. The normalized spacial score (nSPS) is 25.6. The molecule has 1 aliphatic carbocycles. The number of anilines is 1. The second-order valence-corrected chi connectivity index (χ2v) is 5.61. The van der Waals surface area contributed by atoms with Gasteiger partial charge in [0.15, 0.2) is 5.13 Å². The summed E-state index contributed by atoms with van der Waals surface area (Å²) < 4.78 is 0. The number of rotatable bonds is 4. The average molecular weight is 259 g/mol. The van der Waals surface area contributed by atoms with Gasteiger partial charge in [-0.1, -0.05) is 19.8 Å². The zero-order chi connectivity index (χ0) is 11.4. The molecule has 16 heavy (non-hydrogen) atoms. The molecule has 0 bridgehead atoms. The van der Waals surface area contributed by atoms with Crippen molar-refractivity contribution in [3.63, 3.8) is 0 Å². The van der Waals surface area contributed by atoms with E-state index in [0.29, 0.717) is 12.0 Å². The second kappa shape index (κ2) is 5.87. The predicted octanol–water partition coefficient (Wildman–Crippen LogP) is 3.92. The SMILES string of the molecule is CCc1csc(NC2CCCCC2CCl)n1. The lowest BCUT2D eigenvalue weighted by Crippen LogP contribution is -2.33. The quantitative estimate of drug-likeness (QED) is 0.829. The van der Waals surface area contributed by atoms with Gasteiger partial charge in [0, 0.05) is 17.3 Å². The molecule has 4 heteroatoms. The summed E-state index contributed by atoms with van der Waals surface area (Å²) in [6.45, 7) is 2.14. The summed E-state index contributed by atoms with van der Waals surface area (Å²) in [7, 11) is 0. The van der Waals surface area contributed by atoms with Crippen molar-refractivity contribution in [1.29, 1.82) is 0 Å². The Kier molecular flexibility index (Phi) is 4.47. The van der Waals surface area contributed by atoms with Crippen molar-refractivity contribution in [2.45, 2.75) is 45.1 Å². The van der Waals surface area contributed by atoms with E-state index in [0.717, 1.165) is 17.4 Å². The van der Waals surface area contributed by atoms with Crippen LogP contribution in [0.5, 0.6) is 0 Å². The molecule has 1 heterocycles. The van der Waals surface area contributed by atoms with Crippen LogP contribution in [-0.4, -0.2) is 16.9 Å². The zero-order valence-corrected chi connectivity index (χ0v) is 11.3. The van der Waals surface area contributed by atoms with Crippen LogP contribution in [0.1, 0.15) is 38.3 Å². The van der Waals surface area contributed by atoms with Crippen molar-refractivity contribution >= 4 is 28.1 Å². The second-order valence-electron chi connectivity index (χ2n) is 4.45. The Morgan fingerprint density at radius 2 is 2.31 bits per heavy atom. The molecule has 0 amide bonds. The van der Waals surface area contributed by atoms with Crippen molar-refractivity contribution in [1.82, 2.24) is 4.98 Å². The standard InChI is InChI=1S/C12H19ClN2S/c1-2-10-8-16-12(14-10)15-11-6-4-3-5-9(11)7-13/h8-9,11H,2-7H2,1H3,(H,14,15). The van der Waals surface area contributed by atoms with Crippen LogP contribution in [0, 0.1) is 5.92 Å². The fourth-order valence-electron chi connectivity index (χ4n) is 2.28. The monoisotopic (exact) mass is 258 g/mol. The number of hydrogen-bond acceptors (Lipinski definition) is 3. The Balaban J connectivity index is 1.96. The summed E-state index contributed by atoms with van der Waals surface area (Å²) in [6.07, 6.45) is 6.15. The Hall–Kier alpha value is -0.280. The number of alkyl halides is 1. The first-order valence-corrected chi connectivity index (χ1v) is 7.51. The third-order valence-electron chi connectivity index (χ3n) is 3.33. The van der Waals surface area contributed by atoms with Crippen LogP contribution in [0.15, 0.2) is 5.38 Å². The maximum absolute atomic E-state index is 6.02. The van der Waals surface area contributed by atoms with Gasteiger partial charge >= 0.3 is 0 Å². The van der Waals surface area contributed by atoms with Gasteiger partial charge in [-0.15, -0.1) is 22.9 Å². The first-order chi connectivity index (χ1) is 7.83. The number of nitrogens with zero attached hydrogens (tertiary/aromatic N) is 1. The van der Waals surface area contributed by atoms with Crippen LogP contribution >= 0.6 is 22.9 Å². The molecule has 1 N–H and O–H groups in total. The molecule has 0 saturated heterocycles. The molecular formula is C12H19ClN2S. The molecule has 0 aliphatic heterocycles. The maximum atomic E-state index is 6.02. The Labute approximate surface area is 106 Å². The highest BCUT2D eigenvalue weighted by Crippen LogP contribution is 2.29. The first-order valence-electron chi connectivity index (χ1n) is 6.10. The van der Waals surface area contributed by atoms with E-state index < -0.39 is 0 Å². The summed E-state index contributed by atoms with van der Waals surface area (Å²) in [5, 5.41) is 6.77. The fraction of sp³-hybridized carbons (Fsp3) is 0.750. The molecule has 90 valence electrons. The van der Waals surface area contributed by atoms with Gasteiger partial charge in [-0.3, -0.25) is 0 Å². The number of thiazole rings is 1. The molecule has 1 aliphatic rings. The van der Waals surface area contributed by atoms with Gasteiger partial charge < -0.3 is 5.32 Å². The number of aryl methyl sites for hydroxylation is 1. The minimum absolute atomic E-state index is 0.530. The molecule has 2 rings (SSSR count). The summed E-state index contributed by atoms with van der Waals surface area (Å²) in [5.41, 5.74) is 1.19. The highest BCUT2D eigenvalue weighted by Gasteiger charge is 2.24. The molecular weight excluding hydrogens is 240 g/mol. The Morgan fingerprint density at radius 3 is 3.00 bits per heavy atom. The van der Waals surface area contributed by atoms with Crippen molar-refractivity contribution in [2.24, 2.45) is 5.92 Å². The van der Waals surface area contributed by atoms with Gasteiger partial charge in [-0.25, -0.2) is 4.98 Å². The van der Waals surface area contributed by atoms with Crippen molar-refractivity contribution in [2.75, 3.05) is 11.2 Å². The van der Waals surface area contributed by atoms with Gasteiger partial charge in [-0.05, 0) is 25.2 Å². The number of halogens is 1. The van der Waals surface area contributed by atoms with Crippen LogP contribution in [-0.2, 0) is 6.42 Å². The largest absolute Gasteiger partial charge is 0.358 e. The molecule has 2 nitrogen and oxygen atoms in total. The lowest BCUT2D eigenvalue weighted by Gasteiger charge is -2.30. The summed E-state index contributed by atoms with van der Waals surface area (Å²) >= 11 is 7.73. The van der Waals surface area contributed by atoms with E-state index in [1.165, 1.54) is 31.4 Å². The van der Waals surface area contributed by atoms with Gasteiger partial charge in [-0.2, -0.15) is 0 Å². The van der Waals surface area contributed by atoms with E-state index in [9.17, 15) is 0 Å². The fourth-order valence-corrected chi connectivity index (χ4v) is 3.50. The number of nitrogens with one attached hydrogen (secondary N) is 1. The highest BCUT2D eigenvalue weighted by atomic mass is 35.5. The Bertz CT molecular complexity index is 327. The van der Waals surface area contributed by atoms with Crippen LogP contribution in [0.3, 0.4) is 0 Å². The molecule has 0 radical (unpaired) electrons. The first kappa shape index (κ1) is 12.2. The van der Waals surface area contributed by atoms with E-state index in [-0.39, 0.29) is 0 Å². The molecule has 1 saturated carbocycles. The molecule has 0 spiro atoms. The third kappa shape index (κ3) is 2.89. The van der Waals surface area contributed by atoms with E-state index in [4.69, 9.17) is 11.6 Å². The Morgan fingerprint density at radius 1 is 1.50 bits per heavy atom. The summed E-state index contributed by atoms with van der Waals surface area (Å²) in [5.74, 6) is 1.38. The predicted molar refractivity (Wildman–Crippen MR) is 71.6 cm³/mol. The molecule has 2 unspecified atom stereocenters. The number of aromatic nitrogens is 1. The van der Waals surface area contributed by atoms with Crippen molar-refractivity contribution < 1.29 is 0 Å². The van der Waals surface area contributed by atoms with Crippen LogP contribution in [0.2, 0.25) is 0 Å². The lowest BCUT2D eigenvalue weighted by molar-refractivity contribution is 0.353. The lowest BCUT2D eigenvalue weighted by atomic mass is 9.86. The number of hydrogen-bond donors (Lipinski definition) is 1. The van der Waals surface area contributed by atoms with Crippen molar-refractivity contribution in [3.8, 4) is 0 Å². The van der Waals surface area contributed by atoms with E-state index >= 15 is 0 Å². The molecule has 1 fully saturated rings. The van der Waals surface area contributed by atoms with E-state index in [2.05, 4.69) is 22.6 Å². The van der Waals surface area contributed by atoms with E-state index in [1.54, 1.807) is 11.3 Å². The third-order valence-corrected chi connectivity index (χ3v) is 4.55. The molecule has 1 aromatic rings. The summed E-state index contributed by atoms with van der Waals surface area (Å²) in [4.78, 5) is 4.56.